The minimum absolute atomic E-state index is 0.00648. The van der Waals surface area contributed by atoms with Crippen LogP contribution in [0.1, 0.15) is 29.8 Å². The zero-order valence-corrected chi connectivity index (χ0v) is 17.1. The van der Waals surface area contributed by atoms with Gasteiger partial charge in [0, 0.05) is 25.7 Å². The van der Waals surface area contributed by atoms with Crippen molar-refractivity contribution in [2.45, 2.75) is 31.0 Å². The van der Waals surface area contributed by atoms with Crippen molar-refractivity contribution in [2.75, 3.05) is 24.3 Å². The second-order valence-corrected chi connectivity index (χ2v) is 8.59. The van der Waals surface area contributed by atoms with Gasteiger partial charge in [0.1, 0.15) is 0 Å². The van der Waals surface area contributed by atoms with E-state index in [2.05, 4.69) is 10.0 Å². The van der Waals surface area contributed by atoms with E-state index in [1.807, 2.05) is 0 Å². The number of carbonyl (C=O) groups is 1. The van der Waals surface area contributed by atoms with Gasteiger partial charge in [0.2, 0.25) is 10.0 Å². The van der Waals surface area contributed by atoms with Crippen molar-refractivity contribution in [1.82, 2.24) is 4.72 Å². The third kappa shape index (κ3) is 5.70. The van der Waals surface area contributed by atoms with Gasteiger partial charge >= 0.3 is 6.18 Å². The van der Waals surface area contributed by atoms with Crippen LogP contribution in [0.3, 0.4) is 0 Å². The molecule has 2 rings (SSSR count). The van der Waals surface area contributed by atoms with Gasteiger partial charge in [0.05, 0.1) is 21.8 Å². The second kappa shape index (κ2) is 8.42. The van der Waals surface area contributed by atoms with Crippen LogP contribution in [0.2, 0.25) is 0 Å². The Labute approximate surface area is 167 Å². The van der Waals surface area contributed by atoms with E-state index in [-0.39, 0.29) is 22.2 Å². The Morgan fingerprint density at radius 2 is 1.62 bits per heavy atom. The lowest BCUT2D eigenvalue weighted by molar-refractivity contribution is -0.137. The van der Waals surface area contributed by atoms with Gasteiger partial charge in [-0.05, 0) is 56.3 Å². The normalized spacial score (nSPS) is 12.1. The second-order valence-electron chi connectivity index (χ2n) is 6.88. The third-order valence-electron chi connectivity index (χ3n) is 3.87. The molecule has 0 fully saturated rings. The molecular formula is C19H22F3N3O3S. The van der Waals surface area contributed by atoms with E-state index in [1.165, 1.54) is 30.3 Å². The number of rotatable bonds is 6. The number of nitrogens with one attached hydrogen (secondary N) is 2. The number of nitrogens with zero attached hydrogens (tertiary/aromatic N) is 1. The number of hydrogen-bond donors (Lipinski definition) is 2. The summed E-state index contributed by atoms with van der Waals surface area (Å²) < 4.78 is 65.8. The molecule has 0 unspecified atom stereocenters. The molecule has 0 aliphatic heterocycles. The fourth-order valence-corrected chi connectivity index (χ4v) is 3.81. The van der Waals surface area contributed by atoms with Crippen molar-refractivity contribution < 1.29 is 26.4 Å². The van der Waals surface area contributed by atoms with Crippen molar-refractivity contribution in [3.8, 4) is 0 Å². The molecule has 0 atom stereocenters. The van der Waals surface area contributed by atoms with Gasteiger partial charge in [0.15, 0.2) is 0 Å². The number of sulfonamides is 1. The monoisotopic (exact) mass is 429 g/mol. The van der Waals surface area contributed by atoms with Crippen molar-refractivity contribution in [3.63, 3.8) is 0 Å². The van der Waals surface area contributed by atoms with Crippen molar-refractivity contribution in [2.24, 2.45) is 0 Å². The van der Waals surface area contributed by atoms with Crippen LogP contribution in [-0.4, -0.2) is 34.5 Å². The number of alkyl halides is 3. The molecule has 10 heteroatoms. The molecule has 0 aromatic heterocycles. The number of anilines is 2. The number of benzene rings is 2. The third-order valence-corrected chi connectivity index (χ3v) is 5.55. The predicted octanol–water partition coefficient (Wildman–Crippen LogP) is 3.71. The molecular weight excluding hydrogens is 407 g/mol. The first-order valence-electron chi connectivity index (χ1n) is 8.63. The molecule has 2 aromatic carbocycles. The van der Waals surface area contributed by atoms with Gasteiger partial charge in [0.25, 0.3) is 5.91 Å². The van der Waals surface area contributed by atoms with Crippen molar-refractivity contribution >= 4 is 27.3 Å². The molecule has 0 saturated carbocycles. The summed E-state index contributed by atoms with van der Waals surface area (Å²) >= 11 is 0. The van der Waals surface area contributed by atoms with Crippen LogP contribution >= 0.6 is 0 Å². The van der Waals surface area contributed by atoms with Crippen molar-refractivity contribution in [1.29, 1.82) is 0 Å². The number of carbonyl (C=O) groups excluding carboxylic acids is 1. The Balaban J connectivity index is 2.30. The smallest absolute Gasteiger partial charge is 0.376 e. The summed E-state index contributed by atoms with van der Waals surface area (Å²) in [5.41, 5.74) is -0.394. The summed E-state index contributed by atoms with van der Waals surface area (Å²) in [5, 5.41) is 2.47. The Morgan fingerprint density at radius 1 is 1.03 bits per heavy atom. The molecule has 2 N–H and O–H groups in total. The van der Waals surface area contributed by atoms with E-state index >= 15 is 0 Å². The highest BCUT2D eigenvalue weighted by Gasteiger charge is 2.31. The maximum absolute atomic E-state index is 13.0. The minimum Gasteiger partial charge on any atom is -0.376 e. The molecule has 6 nitrogen and oxygen atoms in total. The summed E-state index contributed by atoms with van der Waals surface area (Å²) in [4.78, 5) is 14.1. The molecule has 0 aliphatic carbocycles. The zero-order chi connectivity index (χ0) is 22.0. The number of halogens is 3. The van der Waals surface area contributed by atoms with Gasteiger partial charge in [-0.15, -0.1) is 0 Å². The van der Waals surface area contributed by atoms with Gasteiger partial charge < -0.3 is 10.2 Å². The molecule has 0 saturated heterocycles. The minimum atomic E-state index is -4.55. The highest BCUT2D eigenvalue weighted by molar-refractivity contribution is 7.89. The first-order chi connectivity index (χ1) is 13.3. The van der Waals surface area contributed by atoms with E-state index in [9.17, 15) is 26.4 Å². The van der Waals surface area contributed by atoms with Crippen molar-refractivity contribution in [3.05, 3.63) is 53.6 Å². The maximum atomic E-state index is 13.0. The van der Waals surface area contributed by atoms with Crippen LogP contribution in [0.5, 0.6) is 0 Å². The summed E-state index contributed by atoms with van der Waals surface area (Å²) in [6.07, 6.45) is -4.55. The standard InChI is InChI=1S/C19H22F3N3O3S/c1-12(2)24-29(27,28)15-8-5-13(6-9-15)18(26)23-16-11-14(19(20,21)22)7-10-17(16)25(3)4/h5-12,24H,1-4H3,(H,23,26). The highest BCUT2D eigenvalue weighted by atomic mass is 32.2. The number of hydrogen-bond acceptors (Lipinski definition) is 4. The lowest BCUT2D eigenvalue weighted by atomic mass is 10.1. The Hall–Kier alpha value is -2.59. The molecule has 158 valence electrons. The molecule has 0 bridgehead atoms. The summed E-state index contributed by atoms with van der Waals surface area (Å²) in [6, 6.07) is 7.89. The fraction of sp³-hybridized carbons (Fsp3) is 0.316. The molecule has 0 radical (unpaired) electrons. The fourth-order valence-electron chi connectivity index (χ4n) is 2.56. The Kier molecular flexibility index (Phi) is 6.59. The van der Waals surface area contributed by atoms with E-state index in [0.29, 0.717) is 5.69 Å². The molecule has 0 heterocycles. The summed E-state index contributed by atoms with van der Waals surface area (Å²) in [5.74, 6) is -0.659. The SMILES string of the molecule is CC(C)NS(=O)(=O)c1ccc(C(=O)Nc2cc(C(F)(F)F)ccc2N(C)C)cc1. The van der Waals surface area contributed by atoms with Crippen LogP contribution in [0.25, 0.3) is 0 Å². The van der Waals surface area contributed by atoms with E-state index in [0.717, 1.165) is 12.1 Å². The Bertz CT molecular complexity index is 986. The molecule has 29 heavy (non-hydrogen) atoms. The lowest BCUT2D eigenvalue weighted by Gasteiger charge is -2.20. The van der Waals surface area contributed by atoms with Crippen LogP contribution in [0.4, 0.5) is 24.5 Å². The highest BCUT2D eigenvalue weighted by Crippen LogP contribution is 2.35. The van der Waals surface area contributed by atoms with Crippen LogP contribution in [-0.2, 0) is 16.2 Å². The Morgan fingerprint density at radius 3 is 2.10 bits per heavy atom. The quantitative estimate of drug-likeness (QED) is 0.734. The van der Waals surface area contributed by atoms with Crippen LogP contribution in [0, 0.1) is 0 Å². The van der Waals surface area contributed by atoms with E-state index < -0.39 is 27.7 Å². The molecule has 2 aromatic rings. The molecule has 1 amide bonds. The van der Waals surface area contributed by atoms with E-state index in [4.69, 9.17) is 0 Å². The maximum Gasteiger partial charge on any atom is 0.416 e. The first kappa shape index (κ1) is 22.7. The number of amides is 1. The van der Waals surface area contributed by atoms with Crippen LogP contribution in [0.15, 0.2) is 47.4 Å². The predicted molar refractivity (Wildman–Crippen MR) is 106 cm³/mol. The summed E-state index contributed by atoms with van der Waals surface area (Å²) in [6.45, 7) is 3.35. The average molecular weight is 429 g/mol. The summed E-state index contributed by atoms with van der Waals surface area (Å²) in [7, 11) is -0.437. The topological polar surface area (TPSA) is 78.5 Å². The average Bonchev–Trinajstić information content (AvgIpc) is 2.59. The van der Waals surface area contributed by atoms with Gasteiger partial charge in [-0.1, -0.05) is 0 Å². The van der Waals surface area contributed by atoms with Crippen LogP contribution < -0.4 is 14.9 Å². The van der Waals surface area contributed by atoms with Gasteiger partial charge in [-0.2, -0.15) is 13.2 Å². The van der Waals surface area contributed by atoms with E-state index in [1.54, 1.807) is 32.8 Å². The van der Waals surface area contributed by atoms with Gasteiger partial charge in [-0.25, -0.2) is 13.1 Å². The zero-order valence-electron chi connectivity index (χ0n) is 16.3. The lowest BCUT2D eigenvalue weighted by Crippen LogP contribution is -2.30. The molecule has 0 aliphatic rings. The molecule has 0 spiro atoms. The van der Waals surface area contributed by atoms with Gasteiger partial charge in [-0.3, -0.25) is 4.79 Å². The first-order valence-corrected chi connectivity index (χ1v) is 10.1. The largest absolute Gasteiger partial charge is 0.416 e.